The lowest BCUT2D eigenvalue weighted by Gasteiger charge is -2.37. The van der Waals surface area contributed by atoms with Gasteiger partial charge in [0.15, 0.2) is 0 Å². The van der Waals surface area contributed by atoms with Crippen molar-refractivity contribution in [2.45, 2.75) is 65.6 Å². The average Bonchev–Trinajstić information content (AvgIpc) is 1.98. The Bertz CT molecular complexity index is 295. The summed E-state index contributed by atoms with van der Waals surface area (Å²) >= 11 is 0. The summed E-state index contributed by atoms with van der Waals surface area (Å²) in [5.74, 6) is 0. The molecule has 0 aliphatic heterocycles. The minimum Gasteiger partial charge on any atom is -0.444 e. The van der Waals surface area contributed by atoms with E-state index in [1.54, 1.807) is 13.8 Å². The average molecular weight is 226 g/mol. The Morgan fingerprint density at radius 3 is 1.94 bits per heavy atom. The first-order chi connectivity index (χ1) is 7.01. The lowest BCUT2D eigenvalue weighted by Crippen LogP contribution is -2.52. The van der Waals surface area contributed by atoms with Crippen molar-refractivity contribution in [2.24, 2.45) is 0 Å². The molecule has 0 N–H and O–H groups in total. The standard InChI is InChI=1S/C12H22N2O2/c1-9(2)14(12(6,7)8-13)10(15)16-11(3,4)5/h9H,1-7H3. The third kappa shape index (κ3) is 4.09. The molecular formula is C12H22N2O2. The zero-order chi connectivity index (χ0) is 13.1. The molecule has 0 radical (unpaired) electrons. The molecule has 0 rings (SSSR count). The fourth-order valence-electron chi connectivity index (χ4n) is 1.45. The van der Waals surface area contributed by atoms with Crippen molar-refractivity contribution in [3.8, 4) is 6.07 Å². The van der Waals surface area contributed by atoms with Crippen LogP contribution in [0.2, 0.25) is 0 Å². The molecule has 0 bridgehead atoms. The predicted molar refractivity (Wildman–Crippen MR) is 62.9 cm³/mol. The van der Waals surface area contributed by atoms with Gasteiger partial charge < -0.3 is 4.74 Å². The second-order valence-electron chi connectivity index (χ2n) is 5.61. The SMILES string of the molecule is CC(C)N(C(=O)OC(C)(C)C)C(C)(C)C#N. The van der Waals surface area contributed by atoms with Crippen molar-refractivity contribution in [3.05, 3.63) is 0 Å². The molecule has 0 saturated carbocycles. The molecule has 0 unspecified atom stereocenters. The van der Waals surface area contributed by atoms with E-state index in [-0.39, 0.29) is 6.04 Å². The lowest BCUT2D eigenvalue weighted by atomic mass is 10.0. The monoisotopic (exact) mass is 226 g/mol. The zero-order valence-electron chi connectivity index (χ0n) is 11.3. The van der Waals surface area contributed by atoms with E-state index in [0.717, 1.165) is 0 Å². The van der Waals surface area contributed by atoms with E-state index in [2.05, 4.69) is 6.07 Å². The van der Waals surface area contributed by atoms with Gasteiger partial charge in [0.05, 0.1) is 6.07 Å². The van der Waals surface area contributed by atoms with Crippen molar-refractivity contribution in [3.63, 3.8) is 0 Å². The second-order valence-corrected chi connectivity index (χ2v) is 5.61. The van der Waals surface area contributed by atoms with Crippen molar-refractivity contribution >= 4 is 6.09 Å². The van der Waals surface area contributed by atoms with Crippen LogP contribution in [0.3, 0.4) is 0 Å². The molecule has 0 fully saturated rings. The van der Waals surface area contributed by atoms with Gasteiger partial charge in [0.1, 0.15) is 11.1 Å². The van der Waals surface area contributed by atoms with Gasteiger partial charge in [0, 0.05) is 6.04 Å². The van der Waals surface area contributed by atoms with Gasteiger partial charge in [0.25, 0.3) is 0 Å². The van der Waals surface area contributed by atoms with Crippen LogP contribution in [0.4, 0.5) is 4.79 Å². The number of nitrogens with zero attached hydrogens (tertiary/aromatic N) is 2. The first-order valence-electron chi connectivity index (χ1n) is 5.45. The zero-order valence-corrected chi connectivity index (χ0v) is 11.3. The van der Waals surface area contributed by atoms with Crippen LogP contribution in [0, 0.1) is 11.3 Å². The Kier molecular flexibility index (Phi) is 4.36. The van der Waals surface area contributed by atoms with Gasteiger partial charge in [-0.2, -0.15) is 5.26 Å². The number of ether oxygens (including phenoxy) is 1. The smallest absolute Gasteiger partial charge is 0.411 e. The molecule has 0 aromatic heterocycles. The van der Waals surface area contributed by atoms with Crippen LogP contribution in [0.1, 0.15) is 48.5 Å². The Balaban J connectivity index is 4.98. The second kappa shape index (κ2) is 4.73. The third-order valence-corrected chi connectivity index (χ3v) is 1.98. The van der Waals surface area contributed by atoms with E-state index < -0.39 is 17.2 Å². The summed E-state index contributed by atoms with van der Waals surface area (Å²) in [6.07, 6.45) is -0.450. The Morgan fingerprint density at radius 1 is 1.25 bits per heavy atom. The Morgan fingerprint density at radius 2 is 1.69 bits per heavy atom. The molecule has 0 heterocycles. The van der Waals surface area contributed by atoms with Crippen LogP contribution in [0.25, 0.3) is 0 Å². The van der Waals surface area contributed by atoms with E-state index in [1.807, 2.05) is 34.6 Å². The topological polar surface area (TPSA) is 53.3 Å². The molecule has 4 heteroatoms. The summed E-state index contributed by atoms with van der Waals surface area (Å²) in [5, 5.41) is 9.06. The van der Waals surface area contributed by atoms with E-state index in [0.29, 0.717) is 0 Å². The van der Waals surface area contributed by atoms with E-state index in [1.165, 1.54) is 4.90 Å². The Labute approximate surface area is 98.2 Å². The maximum Gasteiger partial charge on any atom is 0.411 e. The highest BCUT2D eigenvalue weighted by Gasteiger charge is 2.35. The molecule has 4 nitrogen and oxygen atoms in total. The summed E-state index contributed by atoms with van der Waals surface area (Å²) < 4.78 is 5.29. The maximum absolute atomic E-state index is 12.0. The van der Waals surface area contributed by atoms with Crippen molar-refractivity contribution < 1.29 is 9.53 Å². The molecule has 1 amide bonds. The minimum absolute atomic E-state index is 0.0792. The summed E-state index contributed by atoms with van der Waals surface area (Å²) in [4.78, 5) is 13.4. The van der Waals surface area contributed by atoms with Gasteiger partial charge in [0.2, 0.25) is 0 Å². The van der Waals surface area contributed by atoms with Gasteiger partial charge in [-0.05, 0) is 48.5 Å². The van der Waals surface area contributed by atoms with Gasteiger partial charge >= 0.3 is 6.09 Å². The van der Waals surface area contributed by atoms with Crippen molar-refractivity contribution in [1.82, 2.24) is 4.90 Å². The highest BCUT2D eigenvalue weighted by atomic mass is 16.6. The third-order valence-electron chi connectivity index (χ3n) is 1.98. The molecular weight excluding hydrogens is 204 g/mol. The number of hydrogen-bond acceptors (Lipinski definition) is 3. The number of carbonyl (C=O) groups excluding carboxylic acids is 1. The van der Waals surface area contributed by atoms with Gasteiger partial charge in [-0.1, -0.05) is 0 Å². The predicted octanol–water partition coefficient (Wildman–Crippen LogP) is 2.93. The number of nitriles is 1. The minimum atomic E-state index is -0.865. The molecule has 0 spiro atoms. The van der Waals surface area contributed by atoms with Crippen LogP contribution in [0.5, 0.6) is 0 Å². The van der Waals surface area contributed by atoms with Crippen LogP contribution in [-0.4, -0.2) is 28.2 Å². The summed E-state index contributed by atoms with van der Waals surface area (Å²) in [6, 6.07) is 2.04. The van der Waals surface area contributed by atoms with E-state index >= 15 is 0 Å². The number of amides is 1. The quantitative estimate of drug-likeness (QED) is 0.727. The van der Waals surface area contributed by atoms with Crippen LogP contribution in [0.15, 0.2) is 0 Å². The fraction of sp³-hybridized carbons (Fsp3) is 0.833. The largest absolute Gasteiger partial charge is 0.444 e. The first-order valence-corrected chi connectivity index (χ1v) is 5.45. The maximum atomic E-state index is 12.0. The molecule has 0 aliphatic carbocycles. The fourth-order valence-corrected chi connectivity index (χ4v) is 1.45. The Hall–Kier alpha value is -1.24. The van der Waals surface area contributed by atoms with Gasteiger partial charge in [-0.15, -0.1) is 0 Å². The van der Waals surface area contributed by atoms with Crippen molar-refractivity contribution in [2.75, 3.05) is 0 Å². The lowest BCUT2D eigenvalue weighted by molar-refractivity contribution is 0.00327. The molecule has 0 saturated heterocycles. The molecule has 16 heavy (non-hydrogen) atoms. The normalized spacial score (nSPS) is 12.2. The van der Waals surface area contributed by atoms with Crippen LogP contribution < -0.4 is 0 Å². The molecule has 0 aliphatic rings. The van der Waals surface area contributed by atoms with Gasteiger partial charge in [-0.25, -0.2) is 4.79 Å². The summed E-state index contributed by atoms with van der Waals surface area (Å²) in [6.45, 7) is 12.6. The number of carbonyl (C=O) groups is 1. The summed E-state index contributed by atoms with van der Waals surface area (Å²) in [7, 11) is 0. The highest BCUT2D eigenvalue weighted by molar-refractivity contribution is 5.70. The molecule has 92 valence electrons. The van der Waals surface area contributed by atoms with Crippen LogP contribution >= 0.6 is 0 Å². The van der Waals surface area contributed by atoms with E-state index in [9.17, 15) is 4.79 Å². The first kappa shape index (κ1) is 14.8. The molecule has 0 aromatic carbocycles. The van der Waals surface area contributed by atoms with Crippen molar-refractivity contribution in [1.29, 1.82) is 5.26 Å². The van der Waals surface area contributed by atoms with E-state index in [4.69, 9.17) is 10.00 Å². The summed E-state index contributed by atoms with van der Waals surface area (Å²) in [5.41, 5.74) is -1.41. The molecule has 0 atom stereocenters. The van der Waals surface area contributed by atoms with Gasteiger partial charge in [-0.3, -0.25) is 4.90 Å². The van der Waals surface area contributed by atoms with Crippen LogP contribution in [-0.2, 0) is 4.74 Å². The number of hydrogen-bond donors (Lipinski definition) is 0. The highest BCUT2D eigenvalue weighted by Crippen LogP contribution is 2.20. The molecule has 0 aromatic rings. The number of rotatable bonds is 2.